The Morgan fingerprint density at radius 2 is 1.95 bits per heavy atom. The molecule has 1 aromatic carbocycles. The smallest absolute Gasteiger partial charge is 0.404 e. The van der Waals surface area contributed by atoms with Gasteiger partial charge in [0.1, 0.15) is 11.8 Å². The van der Waals surface area contributed by atoms with E-state index in [4.69, 9.17) is 18.8 Å². The Labute approximate surface area is 122 Å². The van der Waals surface area contributed by atoms with Gasteiger partial charge in [0.05, 0.1) is 24.3 Å². The zero-order chi connectivity index (χ0) is 15.3. The molecule has 1 aromatic heterocycles. The molecule has 0 aliphatic rings. The summed E-state index contributed by atoms with van der Waals surface area (Å²) < 4.78 is 27.8. The monoisotopic (exact) mass is 306 g/mol. The van der Waals surface area contributed by atoms with Gasteiger partial charge in [-0.1, -0.05) is 0 Å². The van der Waals surface area contributed by atoms with Crippen LogP contribution in [0, 0.1) is 11.3 Å². The van der Waals surface area contributed by atoms with Crippen molar-refractivity contribution in [2.75, 3.05) is 13.2 Å². The largest absolute Gasteiger partial charge is 0.530 e. The van der Waals surface area contributed by atoms with Crippen LogP contribution in [0.1, 0.15) is 19.4 Å². The van der Waals surface area contributed by atoms with Crippen LogP contribution in [0.3, 0.4) is 0 Å². The van der Waals surface area contributed by atoms with E-state index in [9.17, 15) is 4.57 Å². The van der Waals surface area contributed by atoms with E-state index >= 15 is 0 Å². The first-order valence-corrected chi connectivity index (χ1v) is 7.95. The van der Waals surface area contributed by atoms with Crippen molar-refractivity contribution in [3.63, 3.8) is 0 Å². The highest BCUT2D eigenvalue weighted by molar-refractivity contribution is 7.48. The summed E-state index contributed by atoms with van der Waals surface area (Å²) in [7, 11) is -3.62. The maximum atomic E-state index is 12.3. The van der Waals surface area contributed by atoms with Crippen LogP contribution >= 0.6 is 7.82 Å². The van der Waals surface area contributed by atoms with Gasteiger partial charge in [-0.25, -0.2) is 4.57 Å². The number of nitrogens with zero attached hydrogens (tertiary/aromatic N) is 2. The third kappa shape index (κ3) is 3.79. The summed E-state index contributed by atoms with van der Waals surface area (Å²) in [6, 6.07) is 8.70. The maximum absolute atomic E-state index is 12.3. The fraction of sp³-hybridized carbons (Fsp3) is 0.286. The molecule has 0 radical (unpaired) electrons. The molecule has 0 saturated heterocycles. The van der Waals surface area contributed by atoms with E-state index < -0.39 is 7.82 Å². The molecule has 1 heterocycles. The Morgan fingerprint density at radius 1 is 1.24 bits per heavy atom. The second kappa shape index (κ2) is 6.68. The molecule has 0 atom stereocenters. The summed E-state index contributed by atoms with van der Waals surface area (Å²) in [4.78, 5) is 4.15. The van der Waals surface area contributed by atoms with E-state index in [0.717, 1.165) is 0 Å². The van der Waals surface area contributed by atoms with Gasteiger partial charge < -0.3 is 4.52 Å². The van der Waals surface area contributed by atoms with Crippen molar-refractivity contribution >= 4 is 18.7 Å². The lowest BCUT2D eigenvalue weighted by Gasteiger charge is -2.17. The van der Waals surface area contributed by atoms with Crippen molar-refractivity contribution in [3.8, 4) is 11.8 Å². The van der Waals surface area contributed by atoms with Gasteiger partial charge in [0.15, 0.2) is 0 Å². The van der Waals surface area contributed by atoms with Crippen LogP contribution in [0.15, 0.2) is 30.5 Å². The van der Waals surface area contributed by atoms with Gasteiger partial charge in [0.25, 0.3) is 0 Å². The minimum absolute atomic E-state index is 0.213. The lowest BCUT2D eigenvalue weighted by atomic mass is 10.1. The predicted octanol–water partition coefficient (Wildman–Crippen LogP) is 3.67. The highest BCUT2D eigenvalue weighted by Crippen LogP contribution is 2.49. The molecule has 6 nitrogen and oxygen atoms in total. The second-order valence-electron chi connectivity index (χ2n) is 4.06. The third-order valence-electron chi connectivity index (χ3n) is 2.57. The van der Waals surface area contributed by atoms with Crippen LogP contribution in [0.4, 0.5) is 0 Å². The molecule has 0 fully saturated rings. The van der Waals surface area contributed by atoms with Gasteiger partial charge in [0.2, 0.25) is 0 Å². The summed E-state index contributed by atoms with van der Waals surface area (Å²) >= 11 is 0. The fourth-order valence-corrected chi connectivity index (χ4v) is 2.95. The number of hydrogen-bond donors (Lipinski definition) is 0. The van der Waals surface area contributed by atoms with E-state index in [-0.39, 0.29) is 13.2 Å². The Balaban J connectivity index is 2.33. The highest BCUT2D eigenvalue weighted by atomic mass is 31.2. The Hall–Kier alpha value is -1.93. The Kier molecular flexibility index (Phi) is 4.92. The average Bonchev–Trinajstić information content (AvgIpc) is 2.46. The number of hydrogen-bond acceptors (Lipinski definition) is 6. The topological polar surface area (TPSA) is 81.4 Å². The number of phosphoric ester groups is 1. The van der Waals surface area contributed by atoms with Gasteiger partial charge >= 0.3 is 7.82 Å². The van der Waals surface area contributed by atoms with Gasteiger partial charge in [-0.2, -0.15) is 5.26 Å². The first-order valence-electron chi connectivity index (χ1n) is 6.49. The third-order valence-corrected chi connectivity index (χ3v) is 4.16. The molecule has 0 saturated carbocycles. The number of pyridine rings is 1. The van der Waals surface area contributed by atoms with Crippen molar-refractivity contribution in [1.29, 1.82) is 5.26 Å². The van der Waals surface area contributed by atoms with E-state index in [2.05, 4.69) is 4.98 Å². The molecule has 21 heavy (non-hydrogen) atoms. The van der Waals surface area contributed by atoms with Crippen LogP contribution in [-0.2, 0) is 13.6 Å². The average molecular weight is 306 g/mol. The van der Waals surface area contributed by atoms with E-state index in [1.165, 1.54) is 6.20 Å². The number of rotatable bonds is 6. The van der Waals surface area contributed by atoms with Crippen molar-refractivity contribution in [1.82, 2.24) is 4.98 Å². The van der Waals surface area contributed by atoms with Crippen LogP contribution in [0.5, 0.6) is 5.75 Å². The first-order chi connectivity index (χ1) is 10.1. The second-order valence-corrected chi connectivity index (χ2v) is 5.66. The van der Waals surface area contributed by atoms with Crippen molar-refractivity contribution in [2.24, 2.45) is 0 Å². The van der Waals surface area contributed by atoms with Gasteiger partial charge in [-0.05, 0) is 38.1 Å². The molecule has 2 aromatic rings. The zero-order valence-electron chi connectivity index (χ0n) is 11.8. The lowest BCUT2D eigenvalue weighted by Crippen LogP contribution is -2.02. The molecular weight excluding hydrogens is 291 g/mol. The summed E-state index contributed by atoms with van der Waals surface area (Å²) in [6.45, 7) is 3.84. The van der Waals surface area contributed by atoms with Gasteiger partial charge in [0, 0.05) is 11.6 Å². The molecule has 110 valence electrons. The van der Waals surface area contributed by atoms with Crippen LogP contribution in [0.2, 0.25) is 0 Å². The first kappa shape index (κ1) is 15.5. The number of benzene rings is 1. The van der Waals surface area contributed by atoms with Crippen LogP contribution in [0.25, 0.3) is 10.9 Å². The molecule has 2 rings (SSSR count). The number of fused-ring (bicyclic) bond motifs is 1. The summed E-state index contributed by atoms with van der Waals surface area (Å²) in [6.07, 6.45) is 1.49. The van der Waals surface area contributed by atoms with Gasteiger partial charge in [-0.3, -0.25) is 14.0 Å². The summed E-state index contributed by atoms with van der Waals surface area (Å²) in [5, 5.41) is 9.60. The zero-order valence-corrected chi connectivity index (χ0v) is 12.7. The number of aromatic nitrogens is 1. The molecule has 0 aliphatic heterocycles. The van der Waals surface area contributed by atoms with E-state index in [1.54, 1.807) is 38.1 Å². The predicted molar refractivity (Wildman–Crippen MR) is 77.9 cm³/mol. The fourth-order valence-electron chi connectivity index (χ4n) is 1.76. The van der Waals surface area contributed by atoms with E-state index in [1.807, 2.05) is 6.07 Å². The Morgan fingerprint density at radius 3 is 2.57 bits per heavy atom. The van der Waals surface area contributed by atoms with Crippen LogP contribution in [-0.4, -0.2) is 18.2 Å². The molecular formula is C14H15N2O4P. The highest BCUT2D eigenvalue weighted by Gasteiger charge is 2.27. The number of phosphoric acid groups is 1. The molecule has 0 aliphatic carbocycles. The quantitative estimate of drug-likeness (QED) is 0.757. The van der Waals surface area contributed by atoms with Crippen molar-refractivity contribution < 1.29 is 18.1 Å². The Bertz CT molecular complexity index is 716. The van der Waals surface area contributed by atoms with Gasteiger partial charge in [-0.15, -0.1) is 0 Å². The molecule has 0 bridgehead atoms. The van der Waals surface area contributed by atoms with Crippen molar-refractivity contribution in [2.45, 2.75) is 13.8 Å². The minimum atomic E-state index is -3.62. The standard InChI is InChI=1S/C14H15N2O4P/c1-3-18-21(17,19-4-2)20-13-5-6-14-12(8-13)7-11(9-15)10-16-14/h5-8,10H,3-4H2,1-2H3. The van der Waals surface area contributed by atoms with E-state index in [0.29, 0.717) is 22.2 Å². The summed E-state index contributed by atoms with van der Waals surface area (Å²) in [5.74, 6) is 0.338. The lowest BCUT2D eigenvalue weighted by molar-refractivity contribution is 0.167. The molecule has 0 unspecified atom stereocenters. The number of nitriles is 1. The molecule has 0 N–H and O–H groups in total. The minimum Gasteiger partial charge on any atom is -0.404 e. The molecule has 0 spiro atoms. The summed E-state index contributed by atoms with van der Waals surface area (Å²) in [5.41, 5.74) is 1.15. The molecule has 0 amide bonds. The SMILES string of the molecule is CCOP(=O)(OCC)Oc1ccc2ncc(C#N)cc2c1. The maximum Gasteiger partial charge on any atom is 0.530 e. The van der Waals surface area contributed by atoms with Crippen LogP contribution < -0.4 is 4.52 Å². The normalized spacial score (nSPS) is 11.3. The molecule has 7 heteroatoms. The van der Waals surface area contributed by atoms with Crippen molar-refractivity contribution in [3.05, 3.63) is 36.0 Å².